The molecule has 1 aliphatic carbocycles. The standard InChI is InChI=1S/C28H30FNO5/c1-5-12-35-28(32)25-16(2)30-21-13-19(18-8-11-23(33-3)24(15-18)34-4)14-22(31)27(21)26(25)17-6-9-20(29)10-7-17/h6-11,15,19,26,30H,5,12-14H2,1-4H3/t19-,26-/m0/s1. The average Bonchev–Trinajstić information content (AvgIpc) is 2.86. The Morgan fingerprint density at radius 3 is 2.37 bits per heavy atom. The topological polar surface area (TPSA) is 73.9 Å². The second kappa shape index (κ2) is 10.3. The van der Waals surface area contributed by atoms with E-state index in [4.69, 9.17) is 14.2 Å². The first kappa shape index (κ1) is 24.5. The number of allylic oxidation sites excluding steroid dienone is 3. The van der Waals surface area contributed by atoms with Gasteiger partial charge in [-0.25, -0.2) is 9.18 Å². The minimum Gasteiger partial charge on any atom is -0.493 e. The summed E-state index contributed by atoms with van der Waals surface area (Å²) in [5, 5.41) is 3.33. The molecule has 2 atom stereocenters. The summed E-state index contributed by atoms with van der Waals surface area (Å²) >= 11 is 0. The smallest absolute Gasteiger partial charge is 0.336 e. The number of carbonyl (C=O) groups excluding carboxylic acids is 2. The van der Waals surface area contributed by atoms with E-state index in [0.29, 0.717) is 46.7 Å². The number of rotatable bonds is 7. The number of nitrogens with one attached hydrogen (secondary N) is 1. The summed E-state index contributed by atoms with van der Waals surface area (Å²) in [5.74, 6) is -0.349. The number of dihydropyridines is 1. The third kappa shape index (κ3) is 4.81. The summed E-state index contributed by atoms with van der Waals surface area (Å²) < 4.78 is 30.0. The van der Waals surface area contributed by atoms with Crippen molar-refractivity contribution in [1.29, 1.82) is 0 Å². The van der Waals surface area contributed by atoms with Gasteiger partial charge in [-0.2, -0.15) is 0 Å². The van der Waals surface area contributed by atoms with Crippen LogP contribution in [0.25, 0.3) is 0 Å². The Hall–Kier alpha value is -3.61. The van der Waals surface area contributed by atoms with Gasteiger partial charge < -0.3 is 19.5 Å². The van der Waals surface area contributed by atoms with E-state index in [9.17, 15) is 14.0 Å². The van der Waals surface area contributed by atoms with Gasteiger partial charge >= 0.3 is 5.97 Å². The van der Waals surface area contributed by atoms with Crippen LogP contribution in [0.1, 0.15) is 56.1 Å². The molecule has 2 aromatic carbocycles. The fraction of sp³-hybridized carbons (Fsp3) is 0.357. The van der Waals surface area contributed by atoms with E-state index in [-0.39, 0.29) is 30.5 Å². The quantitative estimate of drug-likeness (QED) is 0.553. The van der Waals surface area contributed by atoms with Gasteiger partial charge in [0.05, 0.1) is 26.4 Å². The SMILES string of the molecule is CCCOC(=O)C1=C(C)NC2=C(C(=O)C[C@@H](c3ccc(OC)c(OC)c3)C2)[C@H]1c1ccc(F)cc1. The predicted molar refractivity (Wildman–Crippen MR) is 130 cm³/mol. The van der Waals surface area contributed by atoms with Gasteiger partial charge in [0.2, 0.25) is 0 Å². The van der Waals surface area contributed by atoms with Crippen molar-refractivity contribution in [2.75, 3.05) is 20.8 Å². The fourth-order valence-corrected chi connectivity index (χ4v) is 4.91. The Kier molecular flexibility index (Phi) is 7.24. The first-order valence-electron chi connectivity index (χ1n) is 11.8. The molecule has 0 radical (unpaired) electrons. The number of benzene rings is 2. The van der Waals surface area contributed by atoms with Crippen molar-refractivity contribution in [2.24, 2.45) is 0 Å². The molecule has 35 heavy (non-hydrogen) atoms. The van der Waals surface area contributed by atoms with Crippen LogP contribution < -0.4 is 14.8 Å². The van der Waals surface area contributed by atoms with Gasteiger partial charge in [-0.15, -0.1) is 0 Å². The predicted octanol–water partition coefficient (Wildman–Crippen LogP) is 5.16. The molecular formula is C28H30FNO5. The van der Waals surface area contributed by atoms with E-state index >= 15 is 0 Å². The molecule has 0 saturated carbocycles. The molecule has 7 heteroatoms. The van der Waals surface area contributed by atoms with Crippen LogP contribution in [0.15, 0.2) is 65.0 Å². The maximum absolute atomic E-state index is 13.7. The van der Waals surface area contributed by atoms with E-state index in [0.717, 1.165) is 11.3 Å². The lowest BCUT2D eigenvalue weighted by Crippen LogP contribution is -2.36. The van der Waals surface area contributed by atoms with Crippen LogP contribution in [-0.4, -0.2) is 32.6 Å². The van der Waals surface area contributed by atoms with Gasteiger partial charge in [-0.05, 0) is 61.1 Å². The van der Waals surface area contributed by atoms with Crippen molar-refractivity contribution in [3.8, 4) is 11.5 Å². The van der Waals surface area contributed by atoms with Crippen molar-refractivity contribution in [1.82, 2.24) is 5.32 Å². The fourth-order valence-electron chi connectivity index (χ4n) is 4.91. The van der Waals surface area contributed by atoms with E-state index in [1.165, 1.54) is 12.1 Å². The molecule has 0 saturated heterocycles. The van der Waals surface area contributed by atoms with Crippen LogP contribution in [0.4, 0.5) is 4.39 Å². The van der Waals surface area contributed by atoms with E-state index in [1.807, 2.05) is 32.0 Å². The Morgan fingerprint density at radius 1 is 1.03 bits per heavy atom. The highest BCUT2D eigenvalue weighted by atomic mass is 19.1. The highest BCUT2D eigenvalue weighted by molar-refractivity contribution is 6.04. The van der Waals surface area contributed by atoms with Crippen LogP contribution in [0, 0.1) is 5.82 Å². The van der Waals surface area contributed by atoms with Gasteiger partial charge in [0.15, 0.2) is 17.3 Å². The normalized spacial score (nSPS) is 19.7. The van der Waals surface area contributed by atoms with Crippen LogP contribution >= 0.6 is 0 Å². The molecule has 1 aliphatic heterocycles. The summed E-state index contributed by atoms with van der Waals surface area (Å²) in [5.41, 5.74) is 4.00. The van der Waals surface area contributed by atoms with Gasteiger partial charge in [0.1, 0.15) is 5.82 Å². The second-order valence-corrected chi connectivity index (χ2v) is 8.82. The van der Waals surface area contributed by atoms with Gasteiger partial charge in [0, 0.05) is 29.3 Å². The molecule has 2 aliphatic rings. The largest absolute Gasteiger partial charge is 0.493 e. The van der Waals surface area contributed by atoms with Gasteiger partial charge in [-0.3, -0.25) is 4.79 Å². The molecule has 0 spiro atoms. The number of ketones is 1. The molecule has 0 amide bonds. The van der Waals surface area contributed by atoms with E-state index in [2.05, 4.69) is 5.32 Å². The lowest BCUT2D eigenvalue weighted by molar-refractivity contribution is -0.139. The number of Topliss-reactive ketones (excluding diaryl/α,β-unsaturated/α-hetero) is 1. The Bertz CT molecular complexity index is 1200. The second-order valence-electron chi connectivity index (χ2n) is 8.82. The molecule has 1 heterocycles. The minimum atomic E-state index is -0.616. The summed E-state index contributed by atoms with van der Waals surface area (Å²) in [6, 6.07) is 11.6. The lowest BCUT2D eigenvalue weighted by Gasteiger charge is -2.36. The zero-order valence-corrected chi connectivity index (χ0v) is 20.4. The molecule has 4 rings (SSSR count). The first-order valence-corrected chi connectivity index (χ1v) is 11.8. The van der Waals surface area contributed by atoms with Crippen molar-refractivity contribution in [3.63, 3.8) is 0 Å². The molecule has 2 aromatic rings. The molecule has 0 fully saturated rings. The van der Waals surface area contributed by atoms with Gasteiger partial charge in [-0.1, -0.05) is 25.1 Å². The maximum atomic E-state index is 13.7. The Balaban J connectivity index is 1.75. The Labute approximate surface area is 204 Å². The maximum Gasteiger partial charge on any atom is 0.336 e. The van der Waals surface area contributed by atoms with Gasteiger partial charge in [0.25, 0.3) is 0 Å². The zero-order chi connectivity index (χ0) is 25.1. The van der Waals surface area contributed by atoms with Crippen LogP contribution in [0.2, 0.25) is 0 Å². The number of hydrogen-bond acceptors (Lipinski definition) is 6. The average molecular weight is 480 g/mol. The number of methoxy groups -OCH3 is 2. The molecule has 0 bridgehead atoms. The summed E-state index contributed by atoms with van der Waals surface area (Å²) in [7, 11) is 3.16. The third-order valence-corrected chi connectivity index (χ3v) is 6.57. The summed E-state index contributed by atoms with van der Waals surface area (Å²) in [6.45, 7) is 4.02. The summed E-state index contributed by atoms with van der Waals surface area (Å²) in [4.78, 5) is 26.7. The van der Waals surface area contributed by atoms with Crippen molar-refractivity contribution in [3.05, 3.63) is 81.9 Å². The molecule has 0 unspecified atom stereocenters. The molecule has 184 valence electrons. The van der Waals surface area contributed by atoms with Crippen LogP contribution in [-0.2, 0) is 14.3 Å². The number of halogens is 1. The van der Waals surface area contributed by atoms with Crippen molar-refractivity contribution in [2.45, 2.75) is 44.9 Å². The molecular weight excluding hydrogens is 449 g/mol. The Morgan fingerprint density at radius 2 is 1.71 bits per heavy atom. The number of carbonyl (C=O) groups is 2. The van der Waals surface area contributed by atoms with Crippen molar-refractivity contribution >= 4 is 11.8 Å². The third-order valence-electron chi connectivity index (χ3n) is 6.57. The minimum absolute atomic E-state index is 0.0545. The number of esters is 1. The molecule has 1 N–H and O–H groups in total. The van der Waals surface area contributed by atoms with Crippen LogP contribution in [0.5, 0.6) is 11.5 Å². The number of ether oxygens (including phenoxy) is 3. The zero-order valence-electron chi connectivity index (χ0n) is 20.4. The number of hydrogen-bond donors (Lipinski definition) is 1. The van der Waals surface area contributed by atoms with E-state index in [1.54, 1.807) is 26.4 Å². The molecule has 0 aromatic heterocycles. The van der Waals surface area contributed by atoms with Crippen molar-refractivity contribution < 1.29 is 28.2 Å². The lowest BCUT2D eigenvalue weighted by atomic mass is 9.71. The first-order chi connectivity index (χ1) is 16.9. The highest BCUT2D eigenvalue weighted by Gasteiger charge is 2.41. The summed E-state index contributed by atoms with van der Waals surface area (Å²) in [6.07, 6.45) is 1.56. The van der Waals surface area contributed by atoms with E-state index < -0.39 is 11.9 Å². The molecule has 6 nitrogen and oxygen atoms in total. The monoisotopic (exact) mass is 479 g/mol. The van der Waals surface area contributed by atoms with Crippen LogP contribution in [0.3, 0.4) is 0 Å². The highest BCUT2D eigenvalue weighted by Crippen LogP contribution is 2.46.